The van der Waals surface area contributed by atoms with Crippen LogP contribution in [0.4, 0.5) is 0 Å². The fourth-order valence-electron chi connectivity index (χ4n) is 3.60. The minimum atomic E-state index is -0.464. The average molecular weight is 432 g/mol. The van der Waals surface area contributed by atoms with E-state index in [1.165, 1.54) is 0 Å². The van der Waals surface area contributed by atoms with Crippen LogP contribution in [0, 0.1) is 11.8 Å². The van der Waals surface area contributed by atoms with Crippen molar-refractivity contribution in [1.82, 2.24) is 4.90 Å². The molecule has 1 heterocycles. The summed E-state index contributed by atoms with van der Waals surface area (Å²) in [6.45, 7) is 5.57. The number of piperidine rings is 1. The summed E-state index contributed by atoms with van der Waals surface area (Å²) >= 11 is 7.60. The zero-order chi connectivity index (χ0) is 20.8. The average Bonchev–Trinajstić information content (AvgIpc) is 2.71. The number of nitrogens with zero attached hydrogens (tertiary/aromatic N) is 1. The molecule has 3 rings (SSSR count). The summed E-state index contributed by atoms with van der Waals surface area (Å²) < 4.78 is 5.25. The molecule has 2 aromatic rings. The molecule has 6 heteroatoms. The molecule has 1 aliphatic rings. The highest BCUT2D eigenvalue weighted by Crippen LogP contribution is 2.24. The van der Waals surface area contributed by atoms with Gasteiger partial charge in [0.15, 0.2) is 6.61 Å². The Hall–Kier alpha value is -1.98. The van der Waals surface area contributed by atoms with Gasteiger partial charge in [-0.15, -0.1) is 11.8 Å². The molecule has 0 saturated carbocycles. The molecule has 29 heavy (non-hydrogen) atoms. The quantitative estimate of drug-likeness (QED) is 0.460. The van der Waals surface area contributed by atoms with Gasteiger partial charge >= 0.3 is 5.97 Å². The zero-order valence-electron chi connectivity index (χ0n) is 16.8. The Balaban J connectivity index is 1.47. The summed E-state index contributed by atoms with van der Waals surface area (Å²) in [7, 11) is 0. The van der Waals surface area contributed by atoms with Crippen LogP contribution in [0.25, 0.3) is 0 Å². The molecule has 0 aromatic heterocycles. The van der Waals surface area contributed by atoms with Crippen LogP contribution < -0.4 is 0 Å². The van der Waals surface area contributed by atoms with Crippen LogP contribution in [-0.4, -0.2) is 36.5 Å². The van der Waals surface area contributed by atoms with Crippen LogP contribution in [0.2, 0.25) is 5.02 Å². The Morgan fingerprint density at radius 3 is 2.28 bits per heavy atom. The second-order valence-corrected chi connectivity index (χ2v) is 9.25. The van der Waals surface area contributed by atoms with Crippen LogP contribution in [0.15, 0.2) is 53.4 Å². The Bertz CT molecular complexity index is 828. The predicted octanol–water partition coefficient (Wildman–Crippen LogP) is 5.29. The van der Waals surface area contributed by atoms with E-state index in [1.807, 2.05) is 41.3 Å². The second-order valence-electron chi connectivity index (χ2n) is 7.76. The van der Waals surface area contributed by atoms with E-state index in [0.29, 0.717) is 17.4 Å². The van der Waals surface area contributed by atoms with E-state index in [9.17, 15) is 9.59 Å². The lowest BCUT2D eigenvalue weighted by molar-refractivity contribution is -0.137. The molecular formula is C23H26ClNO3S. The maximum Gasteiger partial charge on any atom is 0.338 e. The van der Waals surface area contributed by atoms with Gasteiger partial charge in [0.05, 0.1) is 5.56 Å². The van der Waals surface area contributed by atoms with Crippen LogP contribution in [0.1, 0.15) is 36.2 Å². The van der Waals surface area contributed by atoms with Crippen LogP contribution in [0.3, 0.4) is 0 Å². The Morgan fingerprint density at radius 2 is 1.66 bits per heavy atom. The molecular weight excluding hydrogens is 406 g/mol. The number of benzene rings is 2. The fourth-order valence-corrected chi connectivity index (χ4v) is 4.58. The minimum absolute atomic E-state index is 0.118. The third-order valence-corrected chi connectivity index (χ3v) is 6.29. The van der Waals surface area contributed by atoms with E-state index in [2.05, 4.69) is 13.8 Å². The first kappa shape index (κ1) is 21.7. The van der Waals surface area contributed by atoms with E-state index >= 15 is 0 Å². The standard InChI is InChI=1S/C23H26ClNO3S/c1-16-11-17(2)13-25(12-16)22(26)14-28-23(27)19-5-3-18(4-6-19)15-29-21-9-7-20(24)8-10-21/h3-10,16-17H,11-15H2,1-2H3/t16-,17-/m0/s1. The molecule has 2 aromatic carbocycles. The van der Waals surface area contributed by atoms with Gasteiger partial charge in [0.2, 0.25) is 0 Å². The summed E-state index contributed by atoms with van der Waals surface area (Å²) in [5.74, 6) is 1.18. The monoisotopic (exact) mass is 431 g/mol. The van der Waals surface area contributed by atoms with Crippen molar-refractivity contribution in [3.63, 3.8) is 0 Å². The Labute approximate surface area is 181 Å². The van der Waals surface area contributed by atoms with Crippen molar-refractivity contribution in [2.45, 2.75) is 30.9 Å². The van der Waals surface area contributed by atoms with Crippen molar-refractivity contribution in [2.75, 3.05) is 19.7 Å². The summed E-state index contributed by atoms with van der Waals surface area (Å²) in [5.41, 5.74) is 1.56. The van der Waals surface area contributed by atoms with Gasteiger partial charge < -0.3 is 9.64 Å². The van der Waals surface area contributed by atoms with Crippen molar-refractivity contribution in [2.24, 2.45) is 11.8 Å². The van der Waals surface area contributed by atoms with Gasteiger partial charge in [-0.2, -0.15) is 0 Å². The number of rotatable bonds is 6. The molecule has 154 valence electrons. The molecule has 0 aliphatic carbocycles. The highest BCUT2D eigenvalue weighted by molar-refractivity contribution is 7.98. The molecule has 1 saturated heterocycles. The van der Waals surface area contributed by atoms with E-state index in [-0.39, 0.29) is 12.5 Å². The van der Waals surface area contributed by atoms with Crippen molar-refractivity contribution >= 4 is 35.2 Å². The first-order valence-corrected chi connectivity index (χ1v) is 11.2. The van der Waals surface area contributed by atoms with Crippen LogP contribution in [-0.2, 0) is 15.3 Å². The number of likely N-dealkylation sites (tertiary alicyclic amines) is 1. The predicted molar refractivity (Wildman–Crippen MR) is 117 cm³/mol. The molecule has 1 amide bonds. The van der Waals surface area contributed by atoms with Crippen molar-refractivity contribution in [3.05, 3.63) is 64.7 Å². The minimum Gasteiger partial charge on any atom is -0.452 e. The van der Waals surface area contributed by atoms with Crippen LogP contribution in [0.5, 0.6) is 0 Å². The lowest BCUT2D eigenvalue weighted by Gasteiger charge is -2.34. The van der Waals surface area contributed by atoms with Gasteiger partial charge in [0, 0.05) is 28.8 Å². The number of halogens is 1. The van der Waals surface area contributed by atoms with Gasteiger partial charge in [-0.25, -0.2) is 4.79 Å². The number of carbonyl (C=O) groups is 2. The lowest BCUT2D eigenvalue weighted by Crippen LogP contribution is -2.44. The first-order chi connectivity index (χ1) is 13.9. The van der Waals surface area contributed by atoms with Gasteiger partial charge in [-0.05, 0) is 60.2 Å². The number of carbonyl (C=O) groups excluding carboxylic acids is 2. The molecule has 4 nitrogen and oxygen atoms in total. The molecule has 2 atom stereocenters. The van der Waals surface area contributed by atoms with Gasteiger partial charge in [0.1, 0.15) is 0 Å². The number of hydrogen-bond acceptors (Lipinski definition) is 4. The second kappa shape index (κ2) is 10.2. The first-order valence-electron chi connectivity index (χ1n) is 9.83. The van der Waals surface area contributed by atoms with E-state index in [1.54, 1.807) is 23.9 Å². The molecule has 1 aliphatic heterocycles. The van der Waals surface area contributed by atoms with Gasteiger partial charge in [-0.1, -0.05) is 37.6 Å². The molecule has 0 bridgehead atoms. The number of hydrogen-bond donors (Lipinski definition) is 0. The molecule has 0 N–H and O–H groups in total. The number of esters is 1. The Kier molecular flexibility index (Phi) is 7.62. The number of ether oxygens (including phenoxy) is 1. The maximum atomic E-state index is 12.4. The third kappa shape index (κ3) is 6.51. The molecule has 0 radical (unpaired) electrons. The number of thioether (sulfide) groups is 1. The van der Waals surface area contributed by atoms with Crippen molar-refractivity contribution in [3.8, 4) is 0 Å². The highest BCUT2D eigenvalue weighted by atomic mass is 35.5. The maximum absolute atomic E-state index is 12.4. The molecule has 0 unspecified atom stereocenters. The number of amides is 1. The smallest absolute Gasteiger partial charge is 0.338 e. The van der Waals surface area contributed by atoms with Crippen molar-refractivity contribution in [1.29, 1.82) is 0 Å². The fraction of sp³-hybridized carbons (Fsp3) is 0.391. The van der Waals surface area contributed by atoms with Crippen LogP contribution >= 0.6 is 23.4 Å². The molecule has 0 spiro atoms. The topological polar surface area (TPSA) is 46.6 Å². The normalized spacial score (nSPS) is 19.1. The SMILES string of the molecule is C[C@H]1C[C@H](C)CN(C(=O)COC(=O)c2ccc(CSc3ccc(Cl)cc3)cc2)C1. The third-order valence-electron chi connectivity index (χ3n) is 4.96. The van der Waals surface area contributed by atoms with E-state index < -0.39 is 5.97 Å². The van der Waals surface area contributed by atoms with E-state index in [4.69, 9.17) is 16.3 Å². The summed E-state index contributed by atoms with van der Waals surface area (Å²) in [6.07, 6.45) is 1.13. The highest BCUT2D eigenvalue weighted by Gasteiger charge is 2.26. The lowest BCUT2D eigenvalue weighted by atomic mass is 9.92. The van der Waals surface area contributed by atoms with E-state index in [0.717, 1.165) is 40.7 Å². The van der Waals surface area contributed by atoms with Crippen molar-refractivity contribution < 1.29 is 14.3 Å². The summed E-state index contributed by atoms with van der Waals surface area (Å²) in [4.78, 5) is 27.6. The largest absolute Gasteiger partial charge is 0.452 e. The van der Waals surface area contributed by atoms with Gasteiger partial charge in [-0.3, -0.25) is 4.79 Å². The zero-order valence-corrected chi connectivity index (χ0v) is 18.3. The Morgan fingerprint density at radius 1 is 1.03 bits per heavy atom. The summed E-state index contributed by atoms with van der Waals surface area (Å²) in [5, 5.41) is 0.722. The molecule has 1 fully saturated rings. The van der Waals surface area contributed by atoms with Gasteiger partial charge in [0.25, 0.3) is 5.91 Å². The summed E-state index contributed by atoms with van der Waals surface area (Å²) in [6, 6.07) is 15.0.